The lowest BCUT2D eigenvalue weighted by atomic mass is 10.0. The van der Waals surface area contributed by atoms with Gasteiger partial charge >= 0.3 is 0 Å². The van der Waals surface area contributed by atoms with Crippen LogP contribution in [-0.4, -0.2) is 36.1 Å². The summed E-state index contributed by atoms with van der Waals surface area (Å²) in [6.45, 7) is 3.01. The van der Waals surface area contributed by atoms with Crippen molar-refractivity contribution in [2.45, 2.75) is 44.7 Å². The van der Waals surface area contributed by atoms with Gasteiger partial charge in [-0.2, -0.15) is 0 Å². The Morgan fingerprint density at radius 3 is 2.64 bits per heavy atom. The quantitative estimate of drug-likeness (QED) is 0.782. The van der Waals surface area contributed by atoms with E-state index < -0.39 is 11.6 Å². The van der Waals surface area contributed by atoms with Gasteiger partial charge in [-0.05, 0) is 62.4 Å². The van der Waals surface area contributed by atoms with Crippen molar-refractivity contribution >= 4 is 5.91 Å². The van der Waals surface area contributed by atoms with Crippen molar-refractivity contribution in [1.29, 1.82) is 0 Å². The van der Waals surface area contributed by atoms with E-state index >= 15 is 0 Å². The van der Waals surface area contributed by atoms with E-state index in [2.05, 4.69) is 0 Å². The average Bonchev–Trinajstić information content (AvgIpc) is 3.06. The second-order valence-corrected chi connectivity index (χ2v) is 7.43. The van der Waals surface area contributed by atoms with Gasteiger partial charge in [0.1, 0.15) is 24.8 Å². The highest BCUT2D eigenvalue weighted by atomic mass is 19.1. The van der Waals surface area contributed by atoms with Crippen LogP contribution in [0.5, 0.6) is 11.5 Å². The van der Waals surface area contributed by atoms with Crippen molar-refractivity contribution in [2.24, 2.45) is 0 Å². The van der Waals surface area contributed by atoms with Gasteiger partial charge in [0.15, 0.2) is 11.5 Å². The smallest absolute Gasteiger partial charge is 0.254 e. The number of ether oxygens (including phenoxy) is 2. The first-order chi connectivity index (χ1) is 13.5. The third-order valence-electron chi connectivity index (χ3n) is 5.57. The lowest BCUT2D eigenvalue weighted by Crippen LogP contribution is -2.40. The number of likely N-dealkylation sites (tertiary alicyclic amines) is 1. The highest BCUT2D eigenvalue weighted by Crippen LogP contribution is 2.34. The molecule has 2 heterocycles. The van der Waals surface area contributed by atoms with E-state index in [1.807, 2.05) is 11.8 Å². The van der Waals surface area contributed by atoms with Gasteiger partial charge in [0.25, 0.3) is 5.91 Å². The maximum absolute atomic E-state index is 13.9. The summed E-state index contributed by atoms with van der Waals surface area (Å²) in [5, 5.41) is 0. The molecule has 2 atom stereocenters. The predicted molar refractivity (Wildman–Crippen MR) is 101 cm³/mol. The topological polar surface area (TPSA) is 38.8 Å². The molecule has 0 radical (unpaired) electrons. The van der Waals surface area contributed by atoms with Crippen molar-refractivity contribution in [2.75, 3.05) is 13.2 Å². The second kappa shape index (κ2) is 7.78. The van der Waals surface area contributed by atoms with Crippen molar-refractivity contribution in [3.05, 3.63) is 59.2 Å². The number of nitrogens with zero attached hydrogens (tertiary/aromatic N) is 1. The predicted octanol–water partition coefficient (Wildman–Crippen LogP) is 4.36. The van der Waals surface area contributed by atoms with Crippen LogP contribution in [0.2, 0.25) is 0 Å². The van der Waals surface area contributed by atoms with E-state index in [0.717, 1.165) is 18.9 Å². The van der Waals surface area contributed by atoms with Gasteiger partial charge in [0.05, 0.1) is 0 Å². The van der Waals surface area contributed by atoms with Gasteiger partial charge < -0.3 is 14.4 Å². The van der Waals surface area contributed by atoms with Gasteiger partial charge in [-0.3, -0.25) is 4.79 Å². The van der Waals surface area contributed by atoms with Crippen LogP contribution in [0.4, 0.5) is 8.78 Å². The molecule has 0 unspecified atom stereocenters. The van der Waals surface area contributed by atoms with Gasteiger partial charge in [0, 0.05) is 23.7 Å². The number of carbonyl (C=O) groups excluding carboxylic acids is 1. The Morgan fingerprint density at radius 1 is 1.07 bits per heavy atom. The lowest BCUT2D eigenvalue weighted by molar-refractivity contribution is 0.0671. The van der Waals surface area contributed by atoms with Gasteiger partial charge in [-0.15, -0.1) is 0 Å². The summed E-state index contributed by atoms with van der Waals surface area (Å²) in [5.41, 5.74) is 1.05. The van der Waals surface area contributed by atoms with Crippen LogP contribution in [-0.2, 0) is 6.42 Å². The molecule has 0 spiro atoms. The maximum atomic E-state index is 13.9. The molecule has 2 aromatic carbocycles. The molecule has 1 saturated heterocycles. The molecule has 1 fully saturated rings. The molecule has 0 aromatic heterocycles. The van der Waals surface area contributed by atoms with Crippen LogP contribution in [0, 0.1) is 11.6 Å². The van der Waals surface area contributed by atoms with Crippen LogP contribution in [0.3, 0.4) is 0 Å². The normalized spacial score (nSPS) is 21.0. The minimum Gasteiger partial charge on any atom is -0.486 e. The van der Waals surface area contributed by atoms with E-state index in [-0.39, 0.29) is 18.0 Å². The van der Waals surface area contributed by atoms with Gasteiger partial charge in [-0.1, -0.05) is 6.07 Å². The van der Waals surface area contributed by atoms with Gasteiger partial charge in [0.2, 0.25) is 0 Å². The minimum atomic E-state index is -0.578. The summed E-state index contributed by atoms with van der Waals surface area (Å²) in [6, 6.07) is 9.07. The highest BCUT2D eigenvalue weighted by molar-refractivity contribution is 5.95. The fourth-order valence-corrected chi connectivity index (χ4v) is 4.09. The molecular weight excluding hydrogens is 364 g/mol. The Labute approximate surface area is 163 Å². The summed E-state index contributed by atoms with van der Waals surface area (Å²) in [4.78, 5) is 15.1. The summed E-state index contributed by atoms with van der Waals surface area (Å²) in [6.07, 6.45) is 2.89. The van der Waals surface area contributed by atoms with Crippen molar-refractivity contribution < 1.29 is 23.0 Å². The third-order valence-corrected chi connectivity index (χ3v) is 5.57. The first-order valence-corrected chi connectivity index (χ1v) is 9.69. The summed E-state index contributed by atoms with van der Waals surface area (Å²) >= 11 is 0. The molecule has 0 N–H and O–H groups in total. The Morgan fingerprint density at radius 2 is 1.86 bits per heavy atom. The fraction of sp³-hybridized carbons (Fsp3) is 0.409. The van der Waals surface area contributed by atoms with E-state index in [0.29, 0.717) is 48.7 Å². The maximum Gasteiger partial charge on any atom is 0.254 e. The van der Waals surface area contributed by atoms with E-state index in [9.17, 15) is 13.6 Å². The lowest BCUT2D eigenvalue weighted by Gasteiger charge is -2.29. The molecular formula is C22H23F2NO3. The summed E-state index contributed by atoms with van der Waals surface area (Å²) in [7, 11) is 0. The molecule has 148 valence electrons. The number of benzene rings is 2. The molecule has 2 aliphatic rings. The molecule has 4 nitrogen and oxygen atoms in total. The first-order valence-electron chi connectivity index (χ1n) is 9.69. The molecule has 0 bridgehead atoms. The largest absolute Gasteiger partial charge is 0.486 e. The zero-order valence-electron chi connectivity index (χ0n) is 15.8. The molecule has 1 amide bonds. The molecule has 2 aromatic rings. The minimum absolute atomic E-state index is 0.0279. The molecule has 4 rings (SSSR count). The SMILES string of the molecule is C[C@@H]1CC[C@H](CCc2ccc(F)cc2F)N1C(=O)c1ccc2c(c1)OCCO2. The molecule has 6 heteroatoms. The van der Waals surface area contributed by atoms with Crippen LogP contribution < -0.4 is 9.47 Å². The van der Waals surface area contributed by atoms with Crippen LogP contribution in [0.1, 0.15) is 42.1 Å². The molecule has 28 heavy (non-hydrogen) atoms. The van der Waals surface area contributed by atoms with Crippen LogP contribution in [0.15, 0.2) is 36.4 Å². The highest BCUT2D eigenvalue weighted by Gasteiger charge is 2.35. The number of amides is 1. The van der Waals surface area contributed by atoms with Crippen molar-refractivity contribution in [3.63, 3.8) is 0 Å². The molecule has 0 saturated carbocycles. The number of carbonyl (C=O) groups is 1. The summed E-state index contributed by atoms with van der Waals surface area (Å²) < 4.78 is 38.2. The number of halogens is 2. The zero-order valence-corrected chi connectivity index (χ0v) is 15.8. The molecule has 0 aliphatic carbocycles. The van der Waals surface area contributed by atoms with Crippen LogP contribution >= 0.6 is 0 Å². The second-order valence-electron chi connectivity index (χ2n) is 7.43. The summed E-state index contributed by atoms with van der Waals surface area (Å²) in [5.74, 6) is 0.0861. The van der Waals surface area contributed by atoms with Gasteiger partial charge in [-0.25, -0.2) is 8.78 Å². The zero-order chi connectivity index (χ0) is 19.7. The Kier molecular flexibility index (Phi) is 5.20. The first kappa shape index (κ1) is 18.7. The van der Waals surface area contributed by atoms with E-state index in [1.54, 1.807) is 18.2 Å². The monoisotopic (exact) mass is 387 g/mol. The Bertz CT molecular complexity index is 886. The van der Waals surface area contributed by atoms with E-state index in [1.165, 1.54) is 12.1 Å². The number of fused-ring (bicyclic) bond motifs is 1. The number of aryl methyl sites for hydroxylation is 1. The number of hydrogen-bond donors (Lipinski definition) is 0. The fourth-order valence-electron chi connectivity index (χ4n) is 4.09. The third kappa shape index (κ3) is 3.68. The molecule has 2 aliphatic heterocycles. The Hall–Kier alpha value is -2.63. The Balaban J connectivity index is 1.49. The number of rotatable bonds is 4. The number of hydrogen-bond acceptors (Lipinski definition) is 3. The van der Waals surface area contributed by atoms with Crippen LogP contribution in [0.25, 0.3) is 0 Å². The average molecular weight is 387 g/mol. The standard InChI is InChI=1S/C22H23F2NO3/c1-14-2-7-18(8-4-15-3-6-17(23)13-19(15)24)25(14)22(26)16-5-9-20-21(12-16)28-11-10-27-20/h3,5-6,9,12-14,18H,2,4,7-8,10-11H2,1H3/t14-,18-/m1/s1. The van der Waals surface area contributed by atoms with E-state index in [4.69, 9.17) is 9.47 Å². The van der Waals surface area contributed by atoms with Crippen molar-refractivity contribution in [1.82, 2.24) is 4.90 Å². The van der Waals surface area contributed by atoms with Crippen molar-refractivity contribution in [3.8, 4) is 11.5 Å².